The Morgan fingerprint density at radius 2 is 2.12 bits per heavy atom. The van der Waals surface area contributed by atoms with E-state index >= 15 is 0 Å². The predicted octanol–water partition coefficient (Wildman–Crippen LogP) is 2.31. The molecule has 1 aromatic rings. The molecular weight excluding hydrogens is 310 g/mol. The van der Waals surface area contributed by atoms with Crippen LogP contribution in [0.1, 0.15) is 5.56 Å². The van der Waals surface area contributed by atoms with E-state index in [-0.39, 0.29) is 5.75 Å². The molecule has 0 atom stereocenters. The summed E-state index contributed by atoms with van der Waals surface area (Å²) in [5.41, 5.74) is 7.55. The van der Waals surface area contributed by atoms with Crippen molar-refractivity contribution in [3.63, 3.8) is 0 Å². The molecular formula is C10H14BrNO2S2. The molecule has 6 heteroatoms. The molecule has 2 N–H and O–H groups in total. The van der Waals surface area contributed by atoms with Crippen LogP contribution in [0.2, 0.25) is 0 Å². The minimum absolute atomic E-state index is 0.220. The molecule has 0 aliphatic rings. The van der Waals surface area contributed by atoms with Crippen LogP contribution in [-0.2, 0) is 15.6 Å². The Hall–Kier alpha value is -0.200. The van der Waals surface area contributed by atoms with Crippen LogP contribution in [0.25, 0.3) is 0 Å². The number of benzene rings is 1. The first kappa shape index (κ1) is 13.9. The largest absolute Gasteiger partial charge is 0.398 e. The van der Waals surface area contributed by atoms with Gasteiger partial charge in [0.15, 0.2) is 0 Å². The quantitative estimate of drug-likeness (QED) is 0.667. The highest BCUT2D eigenvalue weighted by atomic mass is 79.9. The molecule has 3 nitrogen and oxygen atoms in total. The van der Waals surface area contributed by atoms with Crippen LogP contribution in [0, 0.1) is 0 Å². The lowest BCUT2D eigenvalue weighted by Gasteiger charge is -2.06. The fourth-order valence-corrected chi connectivity index (χ4v) is 3.98. The average Bonchev–Trinajstić information content (AvgIpc) is 2.17. The molecule has 1 aromatic carbocycles. The van der Waals surface area contributed by atoms with E-state index in [0.717, 1.165) is 15.8 Å². The highest BCUT2D eigenvalue weighted by Crippen LogP contribution is 2.26. The zero-order valence-corrected chi connectivity index (χ0v) is 12.2. The monoisotopic (exact) mass is 323 g/mol. The third kappa shape index (κ3) is 4.76. The summed E-state index contributed by atoms with van der Waals surface area (Å²) >= 11 is 5.01. The number of nitrogen functional groups attached to an aromatic ring is 1. The van der Waals surface area contributed by atoms with Gasteiger partial charge in [-0.3, -0.25) is 0 Å². The lowest BCUT2D eigenvalue weighted by molar-refractivity contribution is 0.603. The smallest absolute Gasteiger partial charge is 0.148 e. The molecule has 16 heavy (non-hydrogen) atoms. The number of thioether (sulfide) groups is 1. The summed E-state index contributed by atoms with van der Waals surface area (Å²) in [6.45, 7) is 0. The topological polar surface area (TPSA) is 60.2 Å². The van der Waals surface area contributed by atoms with E-state index in [0.29, 0.717) is 11.4 Å². The Labute approximate surface area is 109 Å². The van der Waals surface area contributed by atoms with Gasteiger partial charge in [0.05, 0.1) is 5.75 Å². The van der Waals surface area contributed by atoms with Crippen LogP contribution in [0.4, 0.5) is 5.69 Å². The molecule has 0 spiro atoms. The first-order valence-corrected chi connectivity index (χ1v) is 8.69. The van der Waals surface area contributed by atoms with Crippen LogP contribution in [0.5, 0.6) is 0 Å². The Balaban J connectivity index is 2.47. The van der Waals surface area contributed by atoms with E-state index in [4.69, 9.17) is 5.73 Å². The Kier molecular flexibility index (Phi) is 5.14. The summed E-state index contributed by atoms with van der Waals surface area (Å²) in [6, 6.07) is 5.70. The summed E-state index contributed by atoms with van der Waals surface area (Å²) in [5, 5.41) is 0. The van der Waals surface area contributed by atoms with Gasteiger partial charge in [0.2, 0.25) is 0 Å². The van der Waals surface area contributed by atoms with Crippen molar-refractivity contribution in [1.82, 2.24) is 0 Å². The maximum Gasteiger partial charge on any atom is 0.148 e. The van der Waals surface area contributed by atoms with E-state index in [1.807, 2.05) is 18.2 Å². The Morgan fingerprint density at radius 3 is 2.75 bits per heavy atom. The second-order valence-electron chi connectivity index (χ2n) is 3.50. The number of halogens is 1. The summed E-state index contributed by atoms with van der Waals surface area (Å²) in [6.07, 6.45) is 1.25. The third-order valence-electron chi connectivity index (χ3n) is 1.96. The van der Waals surface area contributed by atoms with Crippen LogP contribution in [0.15, 0.2) is 22.7 Å². The van der Waals surface area contributed by atoms with Crippen LogP contribution < -0.4 is 5.73 Å². The summed E-state index contributed by atoms with van der Waals surface area (Å²) in [4.78, 5) is 0. The molecule has 0 unspecified atom stereocenters. The molecule has 1 rings (SSSR count). The second kappa shape index (κ2) is 5.93. The van der Waals surface area contributed by atoms with E-state index in [2.05, 4.69) is 15.9 Å². The van der Waals surface area contributed by atoms with E-state index in [1.54, 1.807) is 11.8 Å². The third-order valence-corrected chi connectivity index (χ3v) is 5.14. The van der Waals surface area contributed by atoms with Crippen molar-refractivity contribution < 1.29 is 8.42 Å². The van der Waals surface area contributed by atoms with Gasteiger partial charge in [0.25, 0.3) is 0 Å². The van der Waals surface area contributed by atoms with Crippen LogP contribution >= 0.6 is 27.7 Å². The molecule has 0 saturated carbocycles. The fourth-order valence-electron chi connectivity index (χ4n) is 1.10. The standard InChI is InChI=1S/C10H14BrNO2S2/c1-16(13,14)6-5-15-7-8-3-2-4-9(12)10(8)11/h2-4H,5-7,12H2,1H3. The molecule has 0 aliphatic carbocycles. The highest BCUT2D eigenvalue weighted by molar-refractivity contribution is 9.10. The Morgan fingerprint density at radius 1 is 1.44 bits per heavy atom. The van der Waals surface area contributed by atoms with Gasteiger partial charge in [0.1, 0.15) is 9.84 Å². The number of hydrogen-bond acceptors (Lipinski definition) is 4. The predicted molar refractivity (Wildman–Crippen MR) is 74.4 cm³/mol. The minimum atomic E-state index is -2.85. The van der Waals surface area contributed by atoms with Gasteiger partial charge < -0.3 is 5.73 Å². The first-order chi connectivity index (χ1) is 7.40. The summed E-state index contributed by atoms with van der Waals surface area (Å²) in [7, 11) is -2.85. The normalized spacial score (nSPS) is 11.6. The van der Waals surface area contributed by atoms with Crippen LogP contribution in [-0.4, -0.2) is 26.2 Å². The van der Waals surface area contributed by atoms with Gasteiger partial charge in [-0.2, -0.15) is 11.8 Å². The first-order valence-electron chi connectivity index (χ1n) is 4.68. The van der Waals surface area contributed by atoms with Gasteiger partial charge >= 0.3 is 0 Å². The second-order valence-corrected chi connectivity index (χ2v) is 7.66. The van der Waals surface area contributed by atoms with E-state index in [9.17, 15) is 8.42 Å². The minimum Gasteiger partial charge on any atom is -0.398 e. The van der Waals surface area contributed by atoms with E-state index < -0.39 is 9.84 Å². The van der Waals surface area contributed by atoms with Crippen LogP contribution in [0.3, 0.4) is 0 Å². The number of nitrogens with two attached hydrogens (primary N) is 1. The maximum absolute atomic E-state index is 10.9. The molecule has 0 aromatic heterocycles. The number of anilines is 1. The zero-order valence-electron chi connectivity index (χ0n) is 8.94. The summed E-state index contributed by atoms with van der Waals surface area (Å²) in [5.74, 6) is 1.60. The lowest BCUT2D eigenvalue weighted by atomic mass is 10.2. The van der Waals surface area contributed by atoms with Gasteiger partial charge in [-0.1, -0.05) is 12.1 Å². The molecule has 0 fully saturated rings. The van der Waals surface area contributed by atoms with Crippen molar-refractivity contribution in [2.75, 3.05) is 23.5 Å². The zero-order chi connectivity index (χ0) is 12.2. The number of hydrogen-bond donors (Lipinski definition) is 1. The molecule has 0 aliphatic heterocycles. The molecule has 90 valence electrons. The molecule has 0 heterocycles. The summed E-state index contributed by atoms with van der Waals surface area (Å²) < 4.78 is 22.7. The van der Waals surface area contributed by atoms with Crippen molar-refractivity contribution in [3.8, 4) is 0 Å². The van der Waals surface area contributed by atoms with E-state index in [1.165, 1.54) is 6.26 Å². The van der Waals surface area contributed by atoms with Crippen molar-refractivity contribution in [1.29, 1.82) is 0 Å². The van der Waals surface area contributed by atoms with Crippen molar-refractivity contribution >= 4 is 43.2 Å². The lowest BCUT2D eigenvalue weighted by Crippen LogP contribution is -2.05. The molecule has 0 radical (unpaired) electrons. The van der Waals surface area contributed by atoms with Gasteiger partial charge in [0, 0.05) is 27.9 Å². The van der Waals surface area contributed by atoms with Crippen molar-refractivity contribution in [2.45, 2.75) is 5.75 Å². The van der Waals surface area contributed by atoms with Crippen molar-refractivity contribution in [3.05, 3.63) is 28.2 Å². The fraction of sp³-hybridized carbons (Fsp3) is 0.400. The maximum atomic E-state index is 10.9. The molecule has 0 saturated heterocycles. The molecule has 0 bridgehead atoms. The molecule has 0 amide bonds. The van der Waals surface area contributed by atoms with Gasteiger partial charge in [-0.25, -0.2) is 8.42 Å². The Bertz CT molecular complexity index is 460. The van der Waals surface area contributed by atoms with Gasteiger partial charge in [-0.15, -0.1) is 0 Å². The SMILES string of the molecule is CS(=O)(=O)CCSCc1cccc(N)c1Br. The highest BCUT2D eigenvalue weighted by Gasteiger charge is 2.05. The average molecular weight is 324 g/mol. The number of sulfone groups is 1. The van der Waals surface area contributed by atoms with Crippen molar-refractivity contribution in [2.24, 2.45) is 0 Å². The van der Waals surface area contributed by atoms with Gasteiger partial charge in [-0.05, 0) is 27.6 Å². The number of rotatable bonds is 5.